The van der Waals surface area contributed by atoms with E-state index < -0.39 is 38.5 Å². The third-order valence-electron chi connectivity index (χ3n) is 4.81. The largest absolute Gasteiger partial charge is 0.394 e. The maximum absolute atomic E-state index is 13.3. The van der Waals surface area contributed by atoms with Crippen LogP contribution in [0.1, 0.15) is 81.1 Å². The standard InChI is InChI=1S/C17H33F3O3S/c1-9-15(7,17(18,19)20)12-14(5,6)23-24(21,22)16(8,10-2)11-13(3)4/h13H,9-12H2,1-8H3. The lowest BCUT2D eigenvalue weighted by Crippen LogP contribution is -2.46. The maximum Gasteiger partial charge on any atom is 0.394 e. The van der Waals surface area contributed by atoms with E-state index in [1.54, 1.807) is 13.8 Å². The summed E-state index contributed by atoms with van der Waals surface area (Å²) in [7, 11) is -4.02. The maximum atomic E-state index is 13.3. The van der Waals surface area contributed by atoms with Crippen molar-refractivity contribution in [1.29, 1.82) is 0 Å². The van der Waals surface area contributed by atoms with Gasteiger partial charge in [0.15, 0.2) is 0 Å². The molecule has 0 aliphatic carbocycles. The lowest BCUT2D eigenvalue weighted by molar-refractivity contribution is -0.231. The van der Waals surface area contributed by atoms with Crippen LogP contribution in [0.25, 0.3) is 0 Å². The molecule has 0 fully saturated rings. The molecule has 0 rings (SSSR count). The fourth-order valence-electron chi connectivity index (χ4n) is 3.08. The molecule has 0 radical (unpaired) electrons. The van der Waals surface area contributed by atoms with Gasteiger partial charge in [-0.2, -0.15) is 21.6 Å². The Balaban J connectivity index is 5.55. The molecule has 0 bridgehead atoms. The molecule has 0 heterocycles. The molecule has 2 unspecified atom stereocenters. The molecule has 24 heavy (non-hydrogen) atoms. The number of alkyl halides is 3. The predicted molar refractivity (Wildman–Crippen MR) is 91.3 cm³/mol. The van der Waals surface area contributed by atoms with Crippen LogP contribution in [-0.4, -0.2) is 24.9 Å². The van der Waals surface area contributed by atoms with Crippen LogP contribution >= 0.6 is 0 Å². The summed E-state index contributed by atoms with van der Waals surface area (Å²) in [5.41, 5.74) is -3.43. The first kappa shape index (κ1) is 23.7. The van der Waals surface area contributed by atoms with Crippen LogP contribution in [0.2, 0.25) is 0 Å². The van der Waals surface area contributed by atoms with Gasteiger partial charge in [0.1, 0.15) is 0 Å². The third kappa shape index (κ3) is 5.61. The Kier molecular flexibility index (Phi) is 7.43. The fraction of sp³-hybridized carbons (Fsp3) is 1.00. The van der Waals surface area contributed by atoms with Crippen LogP contribution in [-0.2, 0) is 14.3 Å². The van der Waals surface area contributed by atoms with Crippen molar-refractivity contribution in [2.75, 3.05) is 0 Å². The van der Waals surface area contributed by atoms with Crippen LogP contribution in [0, 0.1) is 11.3 Å². The Labute approximate surface area is 145 Å². The van der Waals surface area contributed by atoms with Gasteiger partial charge in [0.25, 0.3) is 10.1 Å². The van der Waals surface area contributed by atoms with Gasteiger partial charge < -0.3 is 0 Å². The smallest absolute Gasteiger partial charge is 0.264 e. The number of rotatable bonds is 9. The van der Waals surface area contributed by atoms with E-state index in [9.17, 15) is 21.6 Å². The van der Waals surface area contributed by atoms with Gasteiger partial charge >= 0.3 is 6.18 Å². The Bertz CT molecular complexity index is 512. The first-order valence-corrected chi connectivity index (χ1v) is 9.88. The molecule has 0 spiro atoms. The van der Waals surface area contributed by atoms with E-state index in [0.717, 1.165) is 6.92 Å². The molecule has 0 N–H and O–H groups in total. The first-order valence-electron chi connectivity index (χ1n) is 8.47. The highest BCUT2D eigenvalue weighted by atomic mass is 32.2. The van der Waals surface area contributed by atoms with E-state index in [0.29, 0.717) is 12.8 Å². The van der Waals surface area contributed by atoms with Gasteiger partial charge in [0, 0.05) is 0 Å². The molecular formula is C17H33F3O3S. The quantitative estimate of drug-likeness (QED) is 0.487. The zero-order valence-corrected chi connectivity index (χ0v) is 17.0. The molecule has 0 amide bonds. The summed E-state index contributed by atoms with van der Waals surface area (Å²) in [6, 6.07) is 0. The van der Waals surface area contributed by atoms with Crippen molar-refractivity contribution >= 4 is 10.1 Å². The molecule has 0 saturated carbocycles. The summed E-state index contributed by atoms with van der Waals surface area (Å²) < 4.78 is 69.8. The van der Waals surface area contributed by atoms with E-state index in [1.165, 1.54) is 20.8 Å². The molecule has 3 nitrogen and oxygen atoms in total. The highest BCUT2D eigenvalue weighted by molar-refractivity contribution is 7.88. The normalized spacial score (nSPS) is 19.2. The first-order chi connectivity index (χ1) is 10.5. The zero-order chi connectivity index (χ0) is 19.6. The van der Waals surface area contributed by atoms with Gasteiger partial charge in [-0.1, -0.05) is 34.6 Å². The topological polar surface area (TPSA) is 43.4 Å². The SMILES string of the molecule is CCC(C)(CC(C)(C)OS(=O)(=O)C(C)(CC)CC(C)C)C(F)(F)F. The summed E-state index contributed by atoms with van der Waals surface area (Å²) in [5.74, 6) is 0.132. The van der Waals surface area contributed by atoms with Crippen LogP contribution in [0.5, 0.6) is 0 Å². The second-order valence-corrected chi connectivity index (χ2v) is 10.3. The molecular weight excluding hydrogens is 341 g/mol. The summed E-state index contributed by atoms with van der Waals surface area (Å²) in [4.78, 5) is 0. The second kappa shape index (κ2) is 7.52. The van der Waals surface area contributed by atoms with E-state index in [1.807, 2.05) is 13.8 Å². The van der Waals surface area contributed by atoms with Gasteiger partial charge in [-0.25, -0.2) is 0 Å². The molecule has 0 aromatic rings. The molecule has 0 aliphatic heterocycles. The van der Waals surface area contributed by atoms with Crippen LogP contribution in [0.3, 0.4) is 0 Å². The van der Waals surface area contributed by atoms with E-state index >= 15 is 0 Å². The molecule has 146 valence electrons. The highest BCUT2D eigenvalue weighted by Crippen LogP contribution is 2.47. The zero-order valence-electron chi connectivity index (χ0n) is 16.2. The van der Waals surface area contributed by atoms with E-state index in [4.69, 9.17) is 4.18 Å². The predicted octanol–water partition coefficient (Wildman–Crippen LogP) is 5.69. The second-order valence-electron chi connectivity index (χ2n) is 8.29. The minimum Gasteiger partial charge on any atom is -0.264 e. The molecule has 0 aromatic heterocycles. The van der Waals surface area contributed by atoms with Gasteiger partial charge in [-0.3, -0.25) is 4.18 Å². The van der Waals surface area contributed by atoms with Gasteiger partial charge in [0.2, 0.25) is 0 Å². The van der Waals surface area contributed by atoms with E-state index in [-0.39, 0.29) is 12.3 Å². The van der Waals surface area contributed by atoms with Crippen LogP contribution in [0.4, 0.5) is 13.2 Å². The van der Waals surface area contributed by atoms with Gasteiger partial charge in [-0.15, -0.1) is 0 Å². The van der Waals surface area contributed by atoms with Crippen molar-refractivity contribution in [2.45, 2.75) is 97.6 Å². The number of hydrogen-bond donors (Lipinski definition) is 0. The lowest BCUT2D eigenvalue weighted by Gasteiger charge is -2.40. The number of hydrogen-bond acceptors (Lipinski definition) is 3. The molecule has 2 atom stereocenters. The molecule has 0 aromatic carbocycles. The van der Waals surface area contributed by atoms with Crippen molar-refractivity contribution in [3.8, 4) is 0 Å². The molecule has 0 aliphatic rings. The van der Waals surface area contributed by atoms with Crippen molar-refractivity contribution in [3.05, 3.63) is 0 Å². The fourth-order valence-corrected chi connectivity index (χ4v) is 4.82. The van der Waals surface area contributed by atoms with Crippen molar-refractivity contribution in [1.82, 2.24) is 0 Å². The van der Waals surface area contributed by atoms with Gasteiger partial charge in [-0.05, 0) is 52.4 Å². The minimum absolute atomic E-state index is 0.132. The lowest BCUT2D eigenvalue weighted by atomic mass is 9.77. The Morgan fingerprint density at radius 3 is 1.71 bits per heavy atom. The van der Waals surface area contributed by atoms with Crippen molar-refractivity contribution < 1.29 is 25.8 Å². The van der Waals surface area contributed by atoms with Crippen molar-refractivity contribution in [2.24, 2.45) is 11.3 Å². The summed E-state index contributed by atoms with van der Waals surface area (Å²) in [6.07, 6.45) is -4.24. The monoisotopic (exact) mass is 374 g/mol. The summed E-state index contributed by atoms with van der Waals surface area (Å²) in [6.45, 7) is 12.6. The Morgan fingerprint density at radius 1 is 0.958 bits per heavy atom. The minimum atomic E-state index is -4.42. The average Bonchev–Trinajstić information content (AvgIpc) is 2.34. The summed E-state index contributed by atoms with van der Waals surface area (Å²) >= 11 is 0. The Hall–Kier alpha value is -0.300. The highest BCUT2D eigenvalue weighted by Gasteiger charge is 2.53. The Morgan fingerprint density at radius 2 is 1.42 bits per heavy atom. The molecule has 0 saturated heterocycles. The van der Waals surface area contributed by atoms with Crippen LogP contribution < -0.4 is 0 Å². The third-order valence-corrected chi connectivity index (χ3v) is 7.14. The summed E-state index contributed by atoms with van der Waals surface area (Å²) in [5, 5.41) is 0. The average molecular weight is 375 g/mol. The van der Waals surface area contributed by atoms with Crippen LogP contribution in [0.15, 0.2) is 0 Å². The van der Waals surface area contributed by atoms with E-state index in [2.05, 4.69) is 0 Å². The van der Waals surface area contributed by atoms with Crippen molar-refractivity contribution in [3.63, 3.8) is 0 Å². The molecule has 7 heteroatoms. The number of halogens is 3. The van der Waals surface area contributed by atoms with Gasteiger partial charge in [0.05, 0.1) is 15.8 Å².